The summed E-state index contributed by atoms with van der Waals surface area (Å²) in [5.41, 5.74) is 1.11. The van der Waals surface area contributed by atoms with Crippen LogP contribution in [0.2, 0.25) is 0 Å². The van der Waals surface area contributed by atoms with Crippen molar-refractivity contribution in [1.82, 2.24) is 20.6 Å². The molecule has 2 aliphatic heterocycles. The van der Waals surface area contributed by atoms with E-state index in [1.807, 2.05) is 6.92 Å². The summed E-state index contributed by atoms with van der Waals surface area (Å²) < 4.78 is 13.2. The predicted molar refractivity (Wildman–Crippen MR) is 90.7 cm³/mol. The van der Waals surface area contributed by atoms with Gasteiger partial charge in [0.1, 0.15) is 17.8 Å². The Kier molecular flexibility index (Phi) is 5.43. The summed E-state index contributed by atoms with van der Waals surface area (Å²) in [5, 5.41) is 6.84. The van der Waals surface area contributed by atoms with Crippen LogP contribution in [0.15, 0.2) is 6.07 Å². The van der Waals surface area contributed by atoms with Gasteiger partial charge in [-0.25, -0.2) is 14.4 Å². The number of nitrogens with zero attached hydrogens (tertiary/aromatic N) is 3. The molecule has 2 N–H and O–H groups in total. The molecule has 0 spiro atoms. The van der Waals surface area contributed by atoms with Gasteiger partial charge in [-0.1, -0.05) is 6.92 Å². The normalized spacial score (nSPS) is 26.0. The van der Waals surface area contributed by atoms with Gasteiger partial charge in [-0.05, 0) is 32.6 Å². The molecule has 5 nitrogen and oxygen atoms in total. The topological polar surface area (TPSA) is 53.1 Å². The summed E-state index contributed by atoms with van der Waals surface area (Å²) in [5.74, 6) is 1.92. The van der Waals surface area contributed by atoms with Gasteiger partial charge >= 0.3 is 0 Å². The summed E-state index contributed by atoms with van der Waals surface area (Å²) in [7, 11) is 0. The number of aryl methyl sites for hydroxylation is 2. The minimum Gasteiger partial charge on any atom is -0.356 e. The van der Waals surface area contributed by atoms with E-state index in [4.69, 9.17) is 0 Å². The van der Waals surface area contributed by atoms with Crippen LogP contribution in [0, 0.1) is 6.92 Å². The maximum absolute atomic E-state index is 13.2. The molecule has 1 aromatic rings. The SMILES string of the molecule is CCc1cc(N2CCC(NC[C@@H]3C[C@H](F)CN3)CC2)nc(C)n1. The van der Waals surface area contributed by atoms with E-state index in [9.17, 15) is 4.39 Å². The molecule has 2 saturated heterocycles. The lowest BCUT2D eigenvalue weighted by Crippen LogP contribution is -2.46. The average Bonchev–Trinajstić information content (AvgIpc) is 2.98. The van der Waals surface area contributed by atoms with E-state index >= 15 is 0 Å². The van der Waals surface area contributed by atoms with E-state index in [1.54, 1.807) is 0 Å². The Morgan fingerprint density at radius 2 is 2.13 bits per heavy atom. The number of hydrogen-bond acceptors (Lipinski definition) is 5. The number of alkyl halides is 1. The molecule has 6 heteroatoms. The van der Waals surface area contributed by atoms with Crippen molar-refractivity contribution in [1.29, 1.82) is 0 Å². The lowest BCUT2D eigenvalue weighted by molar-refractivity contribution is 0.347. The Morgan fingerprint density at radius 3 is 2.78 bits per heavy atom. The third-order valence-corrected chi connectivity index (χ3v) is 4.88. The lowest BCUT2D eigenvalue weighted by atomic mass is 10.0. The molecule has 0 saturated carbocycles. The van der Waals surface area contributed by atoms with Crippen LogP contribution in [-0.2, 0) is 6.42 Å². The number of rotatable bonds is 5. The Hall–Kier alpha value is -1.27. The van der Waals surface area contributed by atoms with Gasteiger partial charge in [0.2, 0.25) is 0 Å². The van der Waals surface area contributed by atoms with E-state index in [2.05, 4.69) is 38.5 Å². The van der Waals surface area contributed by atoms with Crippen molar-refractivity contribution in [3.8, 4) is 0 Å². The summed E-state index contributed by atoms with van der Waals surface area (Å²) in [6, 6.07) is 2.94. The standard InChI is InChI=1S/C17H28FN5/c1-3-14-9-17(22-12(2)21-14)23-6-4-15(5-7-23)20-11-16-8-13(18)10-19-16/h9,13,15-16,19-20H,3-8,10-11H2,1-2H3/t13-,16-/m0/s1. The summed E-state index contributed by atoms with van der Waals surface area (Å²) >= 11 is 0. The first kappa shape index (κ1) is 16.6. The average molecular weight is 321 g/mol. The number of aromatic nitrogens is 2. The highest BCUT2D eigenvalue weighted by Crippen LogP contribution is 2.19. The number of anilines is 1. The number of halogens is 1. The zero-order valence-electron chi connectivity index (χ0n) is 14.2. The van der Waals surface area contributed by atoms with E-state index in [-0.39, 0.29) is 0 Å². The van der Waals surface area contributed by atoms with Crippen LogP contribution in [-0.4, -0.2) is 54.4 Å². The fraction of sp³-hybridized carbons (Fsp3) is 0.765. The van der Waals surface area contributed by atoms with E-state index in [0.717, 1.165) is 56.2 Å². The van der Waals surface area contributed by atoms with Crippen LogP contribution in [0.4, 0.5) is 10.2 Å². The molecule has 2 atom stereocenters. The molecule has 1 aromatic heterocycles. The minimum atomic E-state index is -0.669. The van der Waals surface area contributed by atoms with Crippen LogP contribution in [0.5, 0.6) is 0 Å². The highest BCUT2D eigenvalue weighted by atomic mass is 19.1. The van der Waals surface area contributed by atoms with Gasteiger partial charge in [-0.3, -0.25) is 0 Å². The number of hydrogen-bond donors (Lipinski definition) is 2. The predicted octanol–water partition coefficient (Wildman–Crippen LogP) is 1.61. The van der Waals surface area contributed by atoms with Gasteiger partial charge in [0.05, 0.1) is 0 Å². The Morgan fingerprint density at radius 1 is 1.35 bits per heavy atom. The van der Waals surface area contributed by atoms with Gasteiger partial charge in [-0.2, -0.15) is 0 Å². The second-order valence-electron chi connectivity index (χ2n) is 6.73. The van der Waals surface area contributed by atoms with Gasteiger partial charge in [0.15, 0.2) is 0 Å². The van der Waals surface area contributed by atoms with Gasteiger partial charge < -0.3 is 15.5 Å². The van der Waals surface area contributed by atoms with Crippen LogP contribution in [0.3, 0.4) is 0 Å². The molecular weight excluding hydrogens is 293 g/mol. The summed E-state index contributed by atoms with van der Waals surface area (Å²) in [6.45, 7) is 7.50. The van der Waals surface area contributed by atoms with Crippen molar-refractivity contribution in [2.45, 2.75) is 57.8 Å². The second kappa shape index (κ2) is 7.53. The van der Waals surface area contributed by atoms with Crippen molar-refractivity contribution in [3.63, 3.8) is 0 Å². The Labute approximate surface area is 138 Å². The molecule has 2 aliphatic rings. The Bertz CT molecular complexity index is 516. The molecule has 0 aromatic carbocycles. The first-order chi connectivity index (χ1) is 11.1. The van der Waals surface area contributed by atoms with Crippen LogP contribution in [0.25, 0.3) is 0 Å². The molecule has 3 rings (SSSR count). The second-order valence-corrected chi connectivity index (χ2v) is 6.73. The van der Waals surface area contributed by atoms with E-state index in [0.29, 0.717) is 25.0 Å². The quantitative estimate of drug-likeness (QED) is 0.863. The van der Waals surface area contributed by atoms with Crippen molar-refractivity contribution < 1.29 is 4.39 Å². The molecule has 3 heterocycles. The van der Waals surface area contributed by atoms with Crippen LogP contribution < -0.4 is 15.5 Å². The third kappa shape index (κ3) is 4.38. The Balaban J connectivity index is 1.47. The fourth-order valence-corrected chi connectivity index (χ4v) is 3.50. The number of nitrogens with one attached hydrogen (secondary N) is 2. The number of piperidine rings is 1. The van der Waals surface area contributed by atoms with Crippen LogP contribution >= 0.6 is 0 Å². The molecule has 0 unspecified atom stereocenters. The first-order valence-electron chi connectivity index (χ1n) is 8.84. The van der Waals surface area contributed by atoms with Crippen molar-refractivity contribution in [3.05, 3.63) is 17.6 Å². The zero-order chi connectivity index (χ0) is 16.2. The fourth-order valence-electron chi connectivity index (χ4n) is 3.50. The van der Waals surface area contributed by atoms with Gasteiger partial charge in [0.25, 0.3) is 0 Å². The zero-order valence-corrected chi connectivity index (χ0v) is 14.2. The lowest BCUT2D eigenvalue weighted by Gasteiger charge is -2.34. The third-order valence-electron chi connectivity index (χ3n) is 4.88. The van der Waals surface area contributed by atoms with Crippen molar-refractivity contribution in [2.75, 3.05) is 31.1 Å². The van der Waals surface area contributed by atoms with Gasteiger partial charge in [-0.15, -0.1) is 0 Å². The van der Waals surface area contributed by atoms with Crippen LogP contribution in [0.1, 0.15) is 37.7 Å². The maximum atomic E-state index is 13.2. The summed E-state index contributed by atoms with van der Waals surface area (Å²) in [6.07, 6.45) is 3.13. The smallest absolute Gasteiger partial charge is 0.132 e. The molecule has 0 amide bonds. The van der Waals surface area contributed by atoms with E-state index in [1.165, 1.54) is 0 Å². The molecular formula is C17H28FN5. The molecule has 0 radical (unpaired) electrons. The molecule has 0 bridgehead atoms. The molecule has 2 fully saturated rings. The first-order valence-corrected chi connectivity index (χ1v) is 8.84. The summed E-state index contributed by atoms with van der Waals surface area (Å²) in [4.78, 5) is 11.4. The highest BCUT2D eigenvalue weighted by molar-refractivity contribution is 5.40. The van der Waals surface area contributed by atoms with E-state index < -0.39 is 6.17 Å². The highest BCUT2D eigenvalue weighted by Gasteiger charge is 2.25. The molecule has 0 aliphatic carbocycles. The largest absolute Gasteiger partial charge is 0.356 e. The van der Waals surface area contributed by atoms with Gasteiger partial charge in [0, 0.05) is 50.0 Å². The maximum Gasteiger partial charge on any atom is 0.132 e. The monoisotopic (exact) mass is 321 g/mol. The molecule has 128 valence electrons. The molecule has 23 heavy (non-hydrogen) atoms. The van der Waals surface area contributed by atoms with Crippen molar-refractivity contribution in [2.24, 2.45) is 0 Å². The van der Waals surface area contributed by atoms with Crippen molar-refractivity contribution >= 4 is 5.82 Å². The minimum absolute atomic E-state index is 0.291.